The summed E-state index contributed by atoms with van der Waals surface area (Å²) in [4.78, 5) is 0. The number of nitrogens with zero attached hydrogens (tertiary/aromatic N) is 1. The Bertz CT molecular complexity index is 448. The van der Waals surface area contributed by atoms with Gasteiger partial charge in [-0.05, 0) is 64.3 Å². The average molecular weight is 286 g/mol. The number of sulfonamides is 1. The number of nitrogens with one attached hydrogen (secondary N) is 1. The maximum Gasteiger partial charge on any atom is 0.216 e. The van der Waals surface area contributed by atoms with Crippen molar-refractivity contribution in [2.24, 2.45) is 11.8 Å². The molecular weight excluding hydrogens is 260 g/mol. The number of piperidine rings is 1. The van der Waals surface area contributed by atoms with Gasteiger partial charge >= 0.3 is 0 Å². The van der Waals surface area contributed by atoms with Crippen LogP contribution in [-0.2, 0) is 10.0 Å². The molecule has 5 heteroatoms. The highest BCUT2D eigenvalue weighted by atomic mass is 32.2. The molecule has 0 aromatic rings. The van der Waals surface area contributed by atoms with Gasteiger partial charge in [0.25, 0.3) is 0 Å². The largest absolute Gasteiger partial charge is 0.311 e. The zero-order chi connectivity index (χ0) is 13.7. The summed E-state index contributed by atoms with van der Waals surface area (Å²) in [6, 6.07) is 0. The zero-order valence-corrected chi connectivity index (χ0v) is 12.9. The third-order valence-electron chi connectivity index (χ3n) is 5.65. The van der Waals surface area contributed by atoms with Crippen molar-refractivity contribution in [3.05, 3.63) is 0 Å². The fraction of sp³-hybridized carbons (Fsp3) is 1.00. The third kappa shape index (κ3) is 2.05. The molecule has 0 amide bonds. The van der Waals surface area contributed by atoms with Crippen LogP contribution >= 0.6 is 0 Å². The molecule has 0 spiro atoms. The fourth-order valence-corrected chi connectivity index (χ4v) is 5.71. The average Bonchev–Trinajstić information content (AvgIpc) is 2.65. The second-order valence-electron chi connectivity index (χ2n) is 6.78. The molecule has 3 rings (SSSR count). The molecule has 2 saturated heterocycles. The smallest absolute Gasteiger partial charge is 0.216 e. The number of hydrogen-bond donors (Lipinski definition) is 1. The first-order valence-electron chi connectivity index (χ1n) is 7.71. The van der Waals surface area contributed by atoms with Gasteiger partial charge in [0.1, 0.15) is 0 Å². The van der Waals surface area contributed by atoms with E-state index in [1.54, 1.807) is 18.2 Å². The first-order chi connectivity index (χ1) is 8.97. The zero-order valence-electron chi connectivity index (χ0n) is 12.1. The lowest BCUT2D eigenvalue weighted by atomic mass is 9.60. The van der Waals surface area contributed by atoms with E-state index in [9.17, 15) is 8.42 Å². The van der Waals surface area contributed by atoms with Crippen LogP contribution in [0.5, 0.6) is 0 Å². The Balaban J connectivity index is 1.76. The minimum atomic E-state index is -3.08. The Labute approximate surface area is 117 Å². The summed E-state index contributed by atoms with van der Waals surface area (Å²) in [5.41, 5.74) is 0.283. The Morgan fingerprint density at radius 1 is 1.21 bits per heavy atom. The van der Waals surface area contributed by atoms with E-state index in [0.29, 0.717) is 5.92 Å². The van der Waals surface area contributed by atoms with Gasteiger partial charge in [-0.1, -0.05) is 0 Å². The molecule has 19 heavy (non-hydrogen) atoms. The number of fused-ring (bicyclic) bond motifs is 1. The van der Waals surface area contributed by atoms with Crippen LogP contribution in [0.2, 0.25) is 0 Å². The standard InChI is InChI=1S/C14H26N2O2S/c1-11(2)19(17,18)16-9-3-4-13(10-16)14-7-5-12(14)6-8-15-14/h11-13,15H,3-10H2,1-2H3. The summed E-state index contributed by atoms with van der Waals surface area (Å²) in [5, 5.41) is 3.42. The van der Waals surface area contributed by atoms with Gasteiger partial charge in [-0.15, -0.1) is 0 Å². The predicted molar refractivity (Wildman–Crippen MR) is 76.4 cm³/mol. The second kappa shape index (κ2) is 4.71. The summed E-state index contributed by atoms with van der Waals surface area (Å²) in [6.07, 6.45) is 6.08. The van der Waals surface area contributed by atoms with Gasteiger partial charge in [-0.2, -0.15) is 0 Å². The normalized spacial score (nSPS) is 40.2. The van der Waals surface area contributed by atoms with Crippen LogP contribution in [0.1, 0.15) is 46.0 Å². The van der Waals surface area contributed by atoms with Crippen LogP contribution in [0, 0.1) is 11.8 Å². The molecule has 4 nitrogen and oxygen atoms in total. The summed E-state index contributed by atoms with van der Waals surface area (Å²) >= 11 is 0. The van der Waals surface area contributed by atoms with Gasteiger partial charge in [-0.25, -0.2) is 12.7 Å². The van der Waals surface area contributed by atoms with Crippen LogP contribution in [-0.4, -0.2) is 43.1 Å². The first kappa shape index (κ1) is 13.8. The molecule has 1 aliphatic carbocycles. The molecule has 2 heterocycles. The van der Waals surface area contributed by atoms with Crippen molar-refractivity contribution in [1.29, 1.82) is 0 Å². The molecule has 0 aromatic carbocycles. The third-order valence-corrected chi connectivity index (χ3v) is 7.89. The topological polar surface area (TPSA) is 49.4 Å². The van der Waals surface area contributed by atoms with Crippen LogP contribution in [0.3, 0.4) is 0 Å². The highest BCUT2D eigenvalue weighted by molar-refractivity contribution is 7.89. The van der Waals surface area contributed by atoms with Crippen molar-refractivity contribution in [2.75, 3.05) is 19.6 Å². The van der Waals surface area contributed by atoms with Gasteiger partial charge < -0.3 is 5.32 Å². The quantitative estimate of drug-likeness (QED) is 0.857. The maximum atomic E-state index is 12.4. The molecular formula is C14H26N2O2S. The minimum Gasteiger partial charge on any atom is -0.311 e. The first-order valence-corrected chi connectivity index (χ1v) is 9.21. The number of rotatable bonds is 3. The molecule has 3 unspecified atom stereocenters. The van der Waals surface area contributed by atoms with Crippen molar-refractivity contribution in [1.82, 2.24) is 9.62 Å². The molecule has 0 bridgehead atoms. The Hall–Kier alpha value is -0.130. The lowest BCUT2D eigenvalue weighted by molar-refractivity contribution is 0.0352. The van der Waals surface area contributed by atoms with Crippen molar-refractivity contribution in [2.45, 2.75) is 56.7 Å². The summed E-state index contributed by atoms with van der Waals surface area (Å²) in [7, 11) is -3.08. The fourth-order valence-electron chi connectivity index (χ4n) is 4.35. The SMILES string of the molecule is CC(C)S(=O)(=O)N1CCCC(C23CCC2CCN3)C1. The van der Waals surface area contributed by atoms with Crippen molar-refractivity contribution in [3.63, 3.8) is 0 Å². The van der Waals surface area contributed by atoms with E-state index in [1.807, 2.05) is 0 Å². The van der Waals surface area contributed by atoms with Gasteiger partial charge in [0.05, 0.1) is 5.25 Å². The summed E-state index contributed by atoms with van der Waals surface area (Å²) < 4.78 is 26.5. The van der Waals surface area contributed by atoms with E-state index in [4.69, 9.17) is 0 Å². The van der Waals surface area contributed by atoms with Crippen molar-refractivity contribution < 1.29 is 8.42 Å². The second-order valence-corrected chi connectivity index (χ2v) is 9.27. The lowest BCUT2D eigenvalue weighted by Crippen LogP contribution is -2.61. The molecule has 110 valence electrons. The Morgan fingerprint density at radius 3 is 2.58 bits per heavy atom. The van der Waals surface area contributed by atoms with E-state index in [1.165, 1.54) is 25.7 Å². The van der Waals surface area contributed by atoms with Crippen molar-refractivity contribution in [3.8, 4) is 0 Å². The van der Waals surface area contributed by atoms with E-state index in [2.05, 4.69) is 5.32 Å². The van der Waals surface area contributed by atoms with E-state index < -0.39 is 10.0 Å². The predicted octanol–water partition coefficient (Wildman–Crippen LogP) is 1.58. The monoisotopic (exact) mass is 286 g/mol. The Kier molecular flexibility index (Phi) is 3.43. The highest BCUT2D eigenvalue weighted by Crippen LogP contribution is 2.51. The number of hydrogen-bond acceptors (Lipinski definition) is 3. The molecule has 3 atom stereocenters. The van der Waals surface area contributed by atoms with Gasteiger partial charge in [0, 0.05) is 18.6 Å². The summed E-state index contributed by atoms with van der Waals surface area (Å²) in [5.74, 6) is 1.33. The molecule has 1 saturated carbocycles. The van der Waals surface area contributed by atoms with Gasteiger partial charge in [0.15, 0.2) is 0 Å². The molecule has 3 fully saturated rings. The van der Waals surface area contributed by atoms with Crippen molar-refractivity contribution >= 4 is 10.0 Å². The van der Waals surface area contributed by atoms with Crippen LogP contribution < -0.4 is 5.32 Å². The molecule has 0 radical (unpaired) electrons. The Morgan fingerprint density at radius 2 is 2.00 bits per heavy atom. The van der Waals surface area contributed by atoms with E-state index >= 15 is 0 Å². The van der Waals surface area contributed by atoms with Gasteiger partial charge in [0.2, 0.25) is 10.0 Å². The molecule has 1 N–H and O–H groups in total. The van der Waals surface area contributed by atoms with Crippen LogP contribution in [0.4, 0.5) is 0 Å². The van der Waals surface area contributed by atoms with E-state index in [-0.39, 0.29) is 10.8 Å². The minimum absolute atomic E-state index is 0.283. The van der Waals surface area contributed by atoms with Crippen LogP contribution in [0.25, 0.3) is 0 Å². The lowest BCUT2D eigenvalue weighted by Gasteiger charge is -2.53. The molecule has 0 aromatic heterocycles. The summed E-state index contributed by atoms with van der Waals surface area (Å²) in [6.45, 7) is 6.16. The maximum absolute atomic E-state index is 12.4. The highest BCUT2D eigenvalue weighted by Gasteiger charge is 2.55. The molecule has 2 aliphatic heterocycles. The van der Waals surface area contributed by atoms with Crippen LogP contribution in [0.15, 0.2) is 0 Å². The van der Waals surface area contributed by atoms with E-state index in [0.717, 1.165) is 32.0 Å². The van der Waals surface area contributed by atoms with Gasteiger partial charge in [-0.3, -0.25) is 0 Å². The molecule has 3 aliphatic rings.